The van der Waals surface area contributed by atoms with Crippen LogP contribution in [-0.4, -0.2) is 72.8 Å². The maximum Gasteiger partial charge on any atom is 0.414 e. The summed E-state index contributed by atoms with van der Waals surface area (Å²) in [5.41, 5.74) is -1.64. The lowest BCUT2D eigenvalue weighted by Gasteiger charge is -2.51. The Morgan fingerprint density at radius 2 is 1.36 bits per heavy atom. The Morgan fingerprint density at radius 1 is 0.889 bits per heavy atom. The number of carbonyl (C=O) groups excluding carboxylic acids is 3. The van der Waals surface area contributed by atoms with Crippen LogP contribution in [0, 0.1) is 17.8 Å². The fourth-order valence-corrected chi connectivity index (χ4v) is 6.38. The van der Waals surface area contributed by atoms with E-state index in [9.17, 15) is 24.3 Å². The van der Waals surface area contributed by atoms with Gasteiger partial charge < -0.3 is 24.3 Å². The summed E-state index contributed by atoms with van der Waals surface area (Å²) in [7, 11) is -2.51. The number of carbonyl (C=O) groups is 4. The van der Waals surface area contributed by atoms with Gasteiger partial charge in [-0.2, -0.15) is 0 Å². The van der Waals surface area contributed by atoms with E-state index in [1.165, 1.54) is 6.92 Å². The lowest BCUT2D eigenvalue weighted by atomic mass is 9.64. The molecule has 0 heterocycles. The van der Waals surface area contributed by atoms with Crippen molar-refractivity contribution in [3.63, 3.8) is 0 Å². The quantitative estimate of drug-likeness (QED) is 0.116. The molecule has 1 aliphatic carbocycles. The molecule has 45 heavy (non-hydrogen) atoms. The van der Waals surface area contributed by atoms with Crippen molar-refractivity contribution in [2.45, 2.75) is 156 Å². The first-order chi connectivity index (χ1) is 20.3. The number of hydrogen-bond donors (Lipinski definition) is 4. The monoisotopic (exact) mass is 656 g/mol. The third kappa shape index (κ3) is 13.3. The second-order valence-electron chi connectivity index (χ2n) is 15.6. The number of rotatable bonds is 11. The van der Waals surface area contributed by atoms with E-state index in [-0.39, 0.29) is 29.2 Å². The van der Waals surface area contributed by atoms with E-state index in [2.05, 4.69) is 68.7 Å². The number of carboxylic acids is 1. The molecule has 12 nitrogen and oxygen atoms in total. The Morgan fingerprint density at radius 3 is 1.71 bits per heavy atom. The van der Waals surface area contributed by atoms with Crippen LogP contribution in [0.5, 0.6) is 0 Å². The SMILES string of the molecule is CCC(CC)CC(NC(C)=O)[C@@H](O[Si](C)(C)C(C)(C)C)[C@H]1[C@H](N=C(NC(=O)OC(C)(C)C)NC(=O)OC(C)(C)C)C[C@H]1C(=O)O. The summed E-state index contributed by atoms with van der Waals surface area (Å²) in [6.45, 7) is 26.3. The van der Waals surface area contributed by atoms with Crippen molar-refractivity contribution in [2.24, 2.45) is 22.7 Å². The molecule has 1 saturated carbocycles. The highest BCUT2D eigenvalue weighted by molar-refractivity contribution is 6.74. The maximum atomic E-state index is 12.8. The van der Waals surface area contributed by atoms with E-state index in [0.29, 0.717) is 6.42 Å². The second kappa shape index (κ2) is 15.7. The summed E-state index contributed by atoms with van der Waals surface area (Å²) < 4.78 is 17.8. The summed E-state index contributed by atoms with van der Waals surface area (Å²) in [6.07, 6.45) is 0.136. The van der Waals surface area contributed by atoms with Gasteiger partial charge in [0.25, 0.3) is 0 Å². The van der Waals surface area contributed by atoms with E-state index < -0.39 is 67.7 Å². The highest BCUT2D eigenvalue weighted by Crippen LogP contribution is 2.46. The van der Waals surface area contributed by atoms with Crippen molar-refractivity contribution < 1.29 is 38.2 Å². The topological polar surface area (TPSA) is 165 Å². The molecule has 0 radical (unpaired) electrons. The molecule has 0 aliphatic heterocycles. The van der Waals surface area contributed by atoms with E-state index in [1.54, 1.807) is 41.5 Å². The molecular weight excluding hydrogens is 596 g/mol. The van der Waals surface area contributed by atoms with Crippen molar-refractivity contribution in [3.8, 4) is 0 Å². The molecule has 0 bridgehead atoms. The Kier molecular flexibility index (Phi) is 14.1. The number of nitrogens with zero attached hydrogens (tertiary/aromatic N) is 1. The zero-order valence-corrected chi connectivity index (χ0v) is 31.0. The first-order valence-corrected chi connectivity index (χ1v) is 19.0. The van der Waals surface area contributed by atoms with Gasteiger partial charge >= 0.3 is 18.2 Å². The average molecular weight is 657 g/mol. The van der Waals surface area contributed by atoms with Crippen molar-refractivity contribution >= 4 is 38.3 Å². The molecule has 1 aliphatic rings. The van der Waals surface area contributed by atoms with Gasteiger partial charge in [-0.25, -0.2) is 14.6 Å². The highest BCUT2D eigenvalue weighted by atomic mass is 28.4. The van der Waals surface area contributed by atoms with Gasteiger partial charge in [-0.15, -0.1) is 0 Å². The summed E-state index contributed by atoms with van der Waals surface area (Å²) in [6, 6.07) is -1.15. The van der Waals surface area contributed by atoms with Gasteiger partial charge in [-0.3, -0.25) is 20.2 Å². The Bertz CT molecular complexity index is 1040. The lowest BCUT2D eigenvalue weighted by molar-refractivity contribution is -0.153. The minimum atomic E-state index is -2.51. The van der Waals surface area contributed by atoms with Crippen LogP contribution < -0.4 is 16.0 Å². The molecular formula is C32H60N4O8Si. The molecule has 3 amide bonds. The fraction of sp³-hybridized carbons (Fsp3) is 0.844. The van der Waals surface area contributed by atoms with Crippen LogP contribution >= 0.6 is 0 Å². The van der Waals surface area contributed by atoms with Gasteiger partial charge in [0.1, 0.15) is 11.2 Å². The zero-order chi connectivity index (χ0) is 35.1. The molecule has 260 valence electrons. The van der Waals surface area contributed by atoms with Crippen LogP contribution in [0.3, 0.4) is 0 Å². The van der Waals surface area contributed by atoms with Crippen molar-refractivity contribution in [1.29, 1.82) is 0 Å². The molecule has 0 spiro atoms. The number of amides is 3. The molecule has 1 unspecified atom stereocenters. The van der Waals surface area contributed by atoms with Gasteiger partial charge in [0.05, 0.1) is 24.1 Å². The Hall–Kier alpha value is -2.67. The molecule has 0 aromatic carbocycles. The first kappa shape index (κ1) is 40.4. The van der Waals surface area contributed by atoms with Gasteiger partial charge in [0.2, 0.25) is 11.9 Å². The zero-order valence-electron chi connectivity index (χ0n) is 30.0. The molecule has 1 fully saturated rings. The smallest absolute Gasteiger partial charge is 0.414 e. The number of alkyl carbamates (subject to hydrolysis) is 2. The van der Waals surface area contributed by atoms with E-state index in [0.717, 1.165) is 12.8 Å². The number of hydrogen-bond acceptors (Lipinski definition) is 8. The first-order valence-electron chi connectivity index (χ1n) is 16.1. The summed E-state index contributed by atoms with van der Waals surface area (Å²) >= 11 is 0. The summed E-state index contributed by atoms with van der Waals surface area (Å²) in [5, 5.41) is 18.2. The molecule has 0 aromatic heterocycles. The minimum Gasteiger partial charge on any atom is -0.481 e. The fourth-order valence-electron chi connectivity index (χ4n) is 5.02. The minimum absolute atomic E-state index is 0.143. The average Bonchev–Trinajstić information content (AvgIpc) is 2.79. The van der Waals surface area contributed by atoms with Crippen LogP contribution in [0.2, 0.25) is 18.1 Å². The van der Waals surface area contributed by atoms with Crippen LogP contribution in [0.4, 0.5) is 9.59 Å². The lowest BCUT2D eigenvalue weighted by Crippen LogP contribution is -2.62. The summed E-state index contributed by atoms with van der Waals surface area (Å²) in [4.78, 5) is 55.3. The number of aliphatic carboxylic acids is 1. The predicted molar refractivity (Wildman–Crippen MR) is 178 cm³/mol. The number of aliphatic imine (C=N–C) groups is 1. The molecule has 0 saturated heterocycles. The van der Waals surface area contributed by atoms with Crippen molar-refractivity contribution in [3.05, 3.63) is 0 Å². The van der Waals surface area contributed by atoms with E-state index >= 15 is 0 Å². The van der Waals surface area contributed by atoms with E-state index in [1.807, 2.05) is 0 Å². The van der Waals surface area contributed by atoms with Crippen molar-refractivity contribution in [2.75, 3.05) is 0 Å². The van der Waals surface area contributed by atoms with Gasteiger partial charge in [-0.05, 0) is 78.4 Å². The third-order valence-electron chi connectivity index (χ3n) is 8.40. The summed E-state index contributed by atoms with van der Waals surface area (Å²) in [5.74, 6) is -2.68. The third-order valence-corrected chi connectivity index (χ3v) is 12.9. The van der Waals surface area contributed by atoms with Crippen LogP contribution in [0.25, 0.3) is 0 Å². The molecule has 1 rings (SSSR count). The van der Waals surface area contributed by atoms with Crippen LogP contribution in [-0.2, 0) is 23.5 Å². The molecule has 5 atom stereocenters. The normalized spacial score (nSPS) is 20.3. The standard InChI is InChI=1S/C32H60N4O8Si/c1-15-20(16-2)17-23(33-19(3)37)25(44-45(13,14)32(10,11)12)24-21(26(38)39)18-22(24)34-27(35-28(40)42-30(4,5)6)36-29(41)43-31(7,8)9/h20-25H,15-18H2,1-14H3,(H,33,37)(H,38,39)(H2,34,35,36,40,41)/t21-,22-,23?,24-,25-/m1/s1. The van der Waals surface area contributed by atoms with E-state index in [4.69, 9.17) is 13.9 Å². The molecule has 13 heteroatoms. The number of nitrogens with one attached hydrogen (secondary N) is 3. The second-order valence-corrected chi connectivity index (χ2v) is 20.4. The van der Waals surface area contributed by atoms with Crippen LogP contribution in [0.15, 0.2) is 4.99 Å². The Labute approximate surface area is 271 Å². The van der Waals surface area contributed by atoms with Crippen LogP contribution in [0.1, 0.15) is 109 Å². The van der Waals surface area contributed by atoms with Gasteiger partial charge in [0.15, 0.2) is 8.32 Å². The highest BCUT2D eigenvalue weighted by Gasteiger charge is 2.55. The number of ether oxygens (including phenoxy) is 2. The molecule has 4 N–H and O–H groups in total. The number of carboxylic acid groups (broad SMARTS) is 1. The van der Waals surface area contributed by atoms with Gasteiger partial charge in [-0.1, -0.05) is 47.5 Å². The maximum absolute atomic E-state index is 12.8. The van der Waals surface area contributed by atoms with Gasteiger partial charge in [0, 0.05) is 12.8 Å². The largest absolute Gasteiger partial charge is 0.481 e. The number of guanidine groups is 1. The predicted octanol–water partition coefficient (Wildman–Crippen LogP) is 6.20. The Balaban J connectivity index is 3.76. The van der Waals surface area contributed by atoms with Crippen molar-refractivity contribution in [1.82, 2.24) is 16.0 Å². The molecule has 0 aromatic rings.